The van der Waals surface area contributed by atoms with Crippen LogP contribution in [0.2, 0.25) is 0 Å². The number of aromatic nitrogens is 4. The summed E-state index contributed by atoms with van der Waals surface area (Å²) in [7, 11) is 0. The molecular formula is C17H21N5. The second-order valence-electron chi connectivity index (χ2n) is 5.77. The minimum atomic E-state index is 0.313. The monoisotopic (exact) mass is 295 g/mol. The van der Waals surface area contributed by atoms with Gasteiger partial charge in [0.2, 0.25) is 0 Å². The lowest BCUT2D eigenvalue weighted by Gasteiger charge is -2.11. The van der Waals surface area contributed by atoms with Crippen molar-refractivity contribution in [3.8, 4) is 0 Å². The van der Waals surface area contributed by atoms with Gasteiger partial charge < -0.3 is 10.3 Å². The van der Waals surface area contributed by atoms with E-state index in [9.17, 15) is 0 Å². The Bertz CT molecular complexity index is 763. The zero-order chi connectivity index (χ0) is 15.5. The molecular weight excluding hydrogens is 274 g/mol. The van der Waals surface area contributed by atoms with Gasteiger partial charge in [-0.2, -0.15) is 0 Å². The van der Waals surface area contributed by atoms with E-state index in [-0.39, 0.29) is 0 Å². The number of nitrogens with one attached hydrogen (secondary N) is 2. The molecule has 0 aliphatic heterocycles. The molecule has 0 radical (unpaired) electrons. The molecule has 5 nitrogen and oxygen atoms in total. The van der Waals surface area contributed by atoms with Crippen molar-refractivity contribution in [3.63, 3.8) is 0 Å². The fraction of sp³-hybridized carbons (Fsp3) is 0.353. The predicted octanol–water partition coefficient (Wildman–Crippen LogP) is 2.69. The quantitative estimate of drug-likeness (QED) is 0.759. The van der Waals surface area contributed by atoms with Crippen LogP contribution in [0, 0.1) is 13.8 Å². The fourth-order valence-electron chi connectivity index (χ4n) is 2.54. The Morgan fingerprint density at radius 1 is 1.23 bits per heavy atom. The first-order chi connectivity index (χ1) is 10.6. The van der Waals surface area contributed by atoms with Gasteiger partial charge in [-0.15, -0.1) is 0 Å². The summed E-state index contributed by atoms with van der Waals surface area (Å²) in [5.41, 5.74) is 5.68. The minimum absolute atomic E-state index is 0.313. The lowest BCUT2D eigenvalue weighted by atomic mass is 10.1. The number of hydrogen-bond acceptors (Lipinski definition) is 4. The van der Waals surface area contributed by atoms with Gasteiger partial charge in [-0.05, 0) is 38.0 Å². The largest absolute Gasteiger partial charge is 0.341 e. The molecule has 114 valence electrons. The lowest BCUT2D eigenvalue weighted by Crippen LogP contribution is -2.28. The van der Waals surface area contributed by atoms with Crippen LogP contribution < -0.4 is 5.32 Å². The van der Waals surface area contributed by atoms with E-state index in [4.69, 9.17) is 4.98 Å². The van der Waals surface area contributed by atoms with Gasteiger partial charge in [-0.25, -0.2) is 4.98 Å². The molecule has 0 unspecified atom stereocenters. The Balaban J connectivity index is 1.65. The second kappa shape index (κ2) is 6.23. The Labute approximate surface area is 130 Å². The average molecular weight is 295 g/mol. The number of aryl methyl sites for hydroxylation is 2. The summed E-state index contributed by atoms with van der Waals surface area (Å²) in [5, 5.41) is 3.48. The summed E-state index contributed by atoms with van der Waals surface area (Å²) in [6, 6.07) is 4.54. The van der Waals surface area contributed by atoms with Crippen LogP contribution in [0.3, 0.4) is 0 Å². The highest BCUT2D eigenvalue weighted by Gasteiger charge is 2.09. The molecule has 0 amide bonds. The third-order valence-electron chi connectivity index (χ3n) is 3.98. The first-order valence-corrected chi connectivity index (χ1v) is 7.56. The van der Waals surface area contributed by atoms with Gasteiger partial charge in [0, 0.05) is 31.1 Å². The van der Waals surface area contributed by atoms with Crippen LogP contribution >= 0.6 is 0 Å². The molecule has 0 saturated heterocycles. The molecule has 1 aromatic carbocycles. The van der Waals surface area contributed by atoms with Gasteiger partial charge in [0.15, 0.2) is 0 Å². The van der Waals surface area contributed by atoms with Crippen LogP contribution in [0.1, 0.15) is 29.6 Å². The van der Waals surface area contributed by atoms with Crippen molar-refractivity contribution in [2.45, 2.75) is 39.8 Å². The highest BCUT2D eigenvalue weighted by Crippen LogP contribution is 2.19. The Morgan fingerprint density at radius 3 is 2.86 bits per heavy atom. The van der Waals surface area contributed by atoms with Crippen molar-refractivity contribution in [2.75, 3.05) is 0 Å². The standard InChI is InChI=1S/C17H21N5/c1-11-4-5-15-17(13(11)3)22-16(21-15)10-20-12(2)8-14-9-18-6-7-19-14/h4-7,9,12,20H,8,10H2,1-3H3,(H,21,22)/t12-/m1/s1. The molecule has 0 aliphatic rings. The molecule has 3 aromatic rings. The van der Waals surface area contributed by atoms with Crippen molar-refractivity contribution in [1.29, 1.82) is 0 Å². The third-order valence-corrected chi connectivity index (χ3v) is 3.98. The summed E-state index contributed by atoms with van der Waals surface area (Å²) in [5.74, 6) is 0.967. The molecule has 0 bridgehead atoms. The molecule has 2 aromatic heterocycles. The number of rotatable bonds is 5. The highest BCUT2D eigenvalue weighted by molar-refractivity contribution is 5.79. The molecule has 2 N–H and O–H groups in total. The number of aromatic amines is 1. The molecule has 0 fully saturated rings. The van der Waals surface area contributed by atoms with E-state index in [1.165, 1.54) is 11.1 Å². The number of imidazole rings is 1. The van der Waals surface area contributed by atoms with Crippen LogP contribution in [0.5, 0.6) is 0 Å². The Kier molecular flexibility index (Phi) is 4.15. The zero-order valence-electron chi connectivity index (χ0n) is 13.2. The summed E-state index contributed by atoms with van der Waals surface area (Å²) in [4.78, 5) is 16.5. The van der Waals surface area contributed by atoms with Gasteiger partial charge in [0.1, 0.15) is 5.82 Å². The van der Waals surface area contributed by atoms with E-state index in [1.807, 2.05) is 6.20 Å². The van der Waals surface area contributed by atoms with Crippen LogP contribution in [-0.4, -0.2) is 26.0 Å². The summed E-state index contributed by atoms with van der Waals surface area (Å²) in [6.07, 6.45) is 6.09. The van der Waals surface area contributed by atoms with Crippen molar-refractivity contribution in [2.24, 2.45) is 0 Å². The van der Waals surface area contributed by atoms with Gasteiger partial charge in [-0.1, -0.05) is 6.07 Å². The predicted molar refractivity (Wildman–Crippen MR) is 87.6 cm³/mol. The molecule has 1 atom stereocenters. The molecule has 0 spiro atoms. The van der Waals surface area contributed by atoms with E-state index in [1.54, 1.807) is 12.4 Å². The van der Waals surface area contributed by atoms with Gasteiger partial charge in [0.05, 0.1) is 23.3 Å². The summed E-state index contributed by atoms with van der Waals surface area (Å²) >= 11 is 0. The Hall–Kier alpha value is -2.27. The molecule has 0 aliphatic carbocycles. The van der Waals surface area contributed by atoms with E-state index < -0.39 is 0 Å². The second-order valence-corrected chi connectivity index (χ2v) is 5.77. The molecule has 2 heterocycles. The van der Waals surface area contributed by atoms with Gasteiger partial charge in [0.25, 0.3) is 0 Å². The zero-order valence-corrected chi connectivity index (χ0v) is 13.2. The fourth-order valence-corrected chi connectivity index (χ4v) is 2.54. The van der Waals surface area contributed by atoms with Crippen molar-refractivity contribution >= 4 is 11.0 Å². The molecule has 22 heavy (non-hydrogen) atoms. The SMILES string of the molecule is Cc1ccc2[nH]c(CN[C@H](C)Cc3cnccn3)nc2c1C. The molecule has 5 heteroatoms. The molecule has 3 rings (SSSR count). The van der Waals surface area contributed by atoms with E-state index >= 15 is 0 Å². The highest BCUT2D eigenvalue weighted by atomic mass is 15.0. The van der Waals surface area contributed by atoms with Crippen LogP contribution in [-0.2, 0) is 13.0 Å². The number of nitrogens with zero attached hydrogens (tertiary/aromatic N) is 3. The molecule has 0 saturated carbocycles. The Morgan fingerprint density at radius 2 is 2.09 bits per heavy atom. The number of H-pyrrole nitrogens is 1. The van der Waals surface area contributed by atoms with E-state index in [0.717, 1.165) is 29.0 Å². The van der Waals surface area contributed by atoms with Crippen molar-refractivity contribution in [1.82, 2.24) is 25.3 Å². The number of hydrogen-bond donors (Lipinski definition) is 2. The smallest absolute Gasteiger partial charge is 0.121 e. The van der Waals surface area contributed by atoms with Crippen molar-refractivity contribution < 1.29 is 0 Å². The number of fused-ring (bicyclic) bond motifs is 1. The number of benzene rings is 1. The normalized spacial score (nSPS) is 12.7. The average Bonchev–Trinajstić information content (AvgIpc) is 2.94. The van der Waals surface area contributed by atoms with Crippen molar-refractivity contribution in [3.05, 3.63) is 53.4 Å². The maximum absolute atomic E-state index is 4.71. The lowest BCUT2D eigenvalue weighted by molar-refractivity contribution is 0.530. The topological polar surface area (TPSA) is 66.5 Å². The maximum atomic E-state index is 4.71. The van der Waals surface area contributed by atoms with E-state index in [0.29, 0.717) is 12.6 Å². The first-order valence-electron chi connectivity index (χ1n) is 7.56. The first kappa shape index (κ1) is 14.7. The summed E-state index contributed by atoms with van der Waals surface area (Å²) < 4.78 is 0. The third kappa shape index (κ3) is 3.14. The van der Waals surface area contributed by atoms with Gasteiger partial charge in [-0.3, -0.25) is 9.97 Å². The maximum Gasteiger partial charge on any atom is 0.121 e. The van der Waals surface area contributed by atoms with Crippen LogP contribution in [0.25, 0.3) is 11.0 Å². The van der Waals surface area contributed by atoms with E-state index in [2.05, 4.69) is 53.2 Å². The van der Waals surface area contributed by atoms with Crippen LogP contribution in [0.4, 0.5) is 0 Å². The summed E-state index contributed by atoms with van der Waals surface area (Å²) in [6.45, 7) is 7.10. The van der Waals surface area contributed by atoms with Crippen LogP contribution in [0.15, 0.2) is 30.7 Å². The minimum Gasteiger partial charge on any atom is -0.341 e. The van der Waals surface area contributed by atoms with Gasteiger partial charge >= 0.3 is 0 Å².